The van der Waals surface area contributed by atoms with Crippen LogP contribution in [0, 0.1) is 0 Å². The second kappa shape index (κ2) is 9.73. The second-order valence-corrected chi connectivity index (χ2v) is 6.78. The molecule has 3 aromatic rings. The Kier molecular flexibility index (Phi) is 6.85. The Morgan fingerprint density at radius 3 is 2.43 bits per heavy atom. The first-order valence-electron chi connectivity index (χ1n) is 9.66. The van der Waals surface area contributed by atoms with Gasteiger partial charge in [-0.2, -0.15) is 5.10 Å². The number of ether oxygens (including phenoxy) is 2. The summed E-state index contributed by atoms with van der Waals surface area (Å²) in [4.78, 5) is 26.2. The van der Waals surface area contributed by atoms with Crippen LogP contribution in [0.25, 0.3) is 16.9 Å². The smallest absolute Gasteiger partial charge is 0.305 e. The van der Waals surface area contributed by atoms with Crippen molar-refractivity contribution in [2.24, 2.45) is 0 Å². The predicted octanol–water partition coefficient (Wildman–Crippen LogP) is 3.57. The zero-order valence-electron chi connectivity index (χ0n) is 17.4. The van der Waals surface area contributed by atoms with E-state index in [1.165, 1.54) is 7.11 Å². The molecule has 0 fully saturated rings. The first-order valence-corrected chi connectivity index (χ1v) is 9.66. The zero-order valence-corrected chi connectivity index (χ0v) is 17.4. The summed E-state index contributed by atoms with van der Waals surface area (Å²) < 4.78 is 11.8. The predicted molar refractivity (Wildman–Crippen MR) is 114 cm³/mol. The summed E-state index contributed by atoms with van der Waals surface area (Å²) in [5.74, 6) is 0.170. The molecule has 0 aliphatic rings. The Morgan fingerprint density at radius 1 is 1.03 bits per heavy atom. The van der Waals surface area contributed by atoms with Crippen LogP contribution in [-0.4, -0.2) is 54.4 Å². The van der Waals surface area contributed by atoms with E-state index in [1.54, 1.807) is 29.9 Å². The first kappa shape index (κ1) is 21.1. The monoisotopic (exact) mass is 407 g/mol. The molecule has 0 aliphatic heterocycles. The molecule has 1 amide bonds. The summed E-state index contributed by atoms with van der Waals surface area (Å²) in [6.07, 6.45) is 2.51. The van der Waals surface area contributed by atoms with Crippen LogP contribution in [0.1, 0.15) is 23.2 Å². The lowest BCUT2D eigenvalue weighted by Crippen LogP contribution is -2.28. The van der Waals surface area contributed by atoms with E-state index < -0.39 is 0 Å². The Morgan fingerprint density at radius 2 is 1.73 bits per heavy atom. The number of nitrogens with zero attached hydrogens (tertiary/aromatic N) is 3. The van der Waals surface area contributed by atoms with Crippen LogP contribution in [0.3, 0.4) is 0 Å². The number of aromatic nitrogens is 2. The molecule has 0 spiro atoms. The van der Waals surface area contributed by atoms with Crippen LogP contribution in [-0.2, 0) is 9.53 Å². The molecule has 156 valence electrons. The highest BCUT2D eigenvalue weighted by atomic mass is 16.5. The number of carbonyl (C=O) groups is 2. The van der Waals surface area contributed by atoms with Crippen molar-refractivity contribution in [3.63, 3.8) is 0 Å². The van der Waals surface area contributed by atoms with Gasteiger partial charge in [0.25, 0.3) is 5.91 Å². The summed E-state index contributed by atoms with van der Waals surface area (Å²) >= 11 is 0. The molecule has 0 saturated heterocycles. The normalized spacial score (nSPS) is 10.5. The average molecular weight is 407 g/mol. The Hall–Kier alpha value is -3.61. The summed E-state index contributed by atoms with van der Waals surface area (Å²) in [5, 5.41) is 4.70. The SMILES string of the molecule is COC(=O)CCCN(C)C(=O)c1cn(-c2ccccc2)nc1-c1ccccc1OC. The Balaban J connectivity index is 1.96. The number of carbonyl (C=O) groups excluding carboxylic acids is 2. The van der Waals surface area contributed by atoms with Crippen molar-refractivity contribution in [2.45, 2.75) is 12.8 Å². The molecule has 0 radical (unpaired) electrons. The lowest BCUT2D eigenvalue weighted by Gasteiger charge is -2.17. The van der Waals surface area contributed by atoms with Gasteiger partial charge in [0.15, 0.2) is 0 Å². The standard InChI is InChI=1S/C23H25N3O4/c1-25(15-9-14-21(27)30-3)23(28)19-16-26(17-10-5-4-6-11-17)24-22(19)18-12-7-8-13-20(18)29-2/h4-8,10-13,16H,9,14-15H2,1-3H3. The van der Waals surface area contributed by atoms with Crippen molar-refractivity contribution in [1.29, 1.82) is 0 Å². The van der Waals surface area contributed by atoms with Gasteiger partial charge in [0.2, 0.25) is 0 Å². The molecule has 0 saturated carbocycles. The second-order valence-electron chi connectivity index (χ2n) is 6.78. The fourth-order valence-electron chi connectivity index (χ4n) is 3.15. The van der Waals surface area contributed by atoms with Gasteiger partial charge in [-0.25, -0.2) is 4.68 Å². The molecule has 1 aromatic heterocycles. The maximum Gasteiger partial charge on any atom is 0.305 e. The molecule has 3 rings (SSSR count). The van der Waals surface area contributed by atoms with Crippen molar-refractivity contribution in [3.05, 3.63) is 66.4 Å². The fraction of sp³-hybridized carbons (Fsp3) is 0.261. The quantitative estimate of drug-likeness (QED) is 0.534. The lowest BCUT2D eigenvalue weighted by atomic mass is 10.1. The molecular formula is C23H25N3O4. The maximum absolute atomic E-state index is 13.2. The molecule has 7 heteroatoms. The molecule has 0 aliphatic carbocycles. The third-order valence-corrected chi connectivity index (χ3v) is 4.78. The molecule has 1 heterocycles. The van der Waals surface area contributed by atoms with Crippen LogP contribution in [0.4, 0.5) is 0 Å². The third kappa shape index (κ3) is 4.68. The molecule has 7 nitrogen and oxygen atoms in total. The van der Waals surface area contributed by atoms with Gasteiger partial charge in [-0.3, -0.25) is 9.59 Å². The van der Waals surface area contributed by atoms with Crippen molar-refractivity contribution in [3.8, 4) is 22.7 Å². The topological polar surface area (TPSA) is 73.7 Å². The van der Waals surface area contributed by atoms with Crippen molar-refractivity contribution < 1.29 is 19.1 Å². The van der Waals surface area contributed by atoms with E-state index in [2.05, 4.69) is 4.74 Å². The van der Waals surface area contributed by atoms with Crippen LogP contribution in [0.15, 0.2) is 60.8 Å². The number of rotatable bonds is 8. The van der Waals surface area contributed by atoms with Crippen molar-refractivity contribution >= 4 is 11.9 Å². The van der Waals surface area contributed by atoms with Crippen LogP contribution in [0.2, 0.25) is 0 Å². The molecule has 2 aromatic carbocycles. The Bertz CT molecular complexity index is 1010. The van der Waals surface area contributed by atoms with E-state index in [1.807, 2.05) is 54.6 Å². The van der Waals surface area contributed by atoms with Crippen LogP contribution >= 0.6 is 0 Å². The van der Waals surface area contributed by atoms with Gasteiger partial charge in [-0.1, -0.05) is 30.3 Å². The minimum Gasteiger partial charge on any atom is -0.496 e. The largest absolute Gasteiger partial charge is 0.496 e. The first-order chi connectivity index (χ1) is 14.5. The summed E-state index contributed by atoms with van der Waals surface area (Å²) in [6, 6.07) is 17.1. The van der Waals surface area contributed by atoms with Gasteiger partial charge in [-0.05, 0) is 30.7 Å². The van der Waals surface area contributed by atoms with E-state index in [4.69, 9.17) is 9.84 Å². The van der Waals surface area contributed by atoms with E-state index in [0.717, 1.165) is 11.3 Å². The van der Waals surface area contributed by atoms with E-state index >= 15 is 0 Å². The number of hydrogen-bond donors (Lipinski definition) is 0. The Labute approximate surface area is 175 Å². The highest BCUT2D eigenvalue weighted by Crippen LogP contribution is 2.32. The number of amides is 1. The van der Waals surface area contributed by atoms with Crippen molar-refractivity contribution in [1.82, 2.24) is 14.7 Å². The number of benzene rings is 2. The van der Waals surface area contributed by atoms with E-state index in [9.17, 15) is 9.59 Å². The van der Waals surface area contributed by atoms with Gasteiger partial charge in [0, 0.05) is 31.8 Å². The minimum absolute atomic E-state index is 0.178. The number of esters is 1. The van der Waals surface area contributed by atoms with Crippen molar-refractivity contribution in [2.75, 3.05) is 27.8 Å². The number of hydrogen-bond acceptors (Lipinski definition) is 5. The fourth-order valence-corrected chi connectivity index (χ4v) is 3.15. The van der Waals surface area contributed by atoms with Gasteiger partial charge in [0.05, 0.1) is 25.5 Å². The molecular weight excluding hydrogens is 382 g/mol. The summed E-state index contributed by atoms with van der Waals surface area (Å²) in [7, 11) is 4.66. The maximum atomic E-state index is 13.2. The zero-order chi connectivity index (χ0) is 21.5. The van der Waals surface area contributed by atoms with Gasteiger partial charge in [-0.15, -0.1) is 0 Å². The van der Waals surface area contributed by atoms with Crippen LogP contribution in [0.5, 0.6) is 5.75 Å². The molecule has 0 bridgehead atoms. The summed E-state index contributed by atoms with van der Waals surface area (Å²) in [5.41, 5.74) is 2.59. The molecule has 30 heavy (non-hydrogen) atoms. The average Bonchev–Trinajstić information content (AvgIpc) is 3.24. The van der Waals surface area contributed by atoms with E-state index in [0.29, 0.717) is 30.0 Å². The third-order valence-electron chi connectivity index (χ3n) is 4.78. The van der Waals surface area contributed by atoms with E-state index in [-0.39, 0.29) is 18.3 Å². The summed E-state index contributed by atoms with van der Waals surface area (Å²) in [6.45, 7) is 0.426. The lowest BCUT2D eigenvalue weighted by molar-refractivity contribution is -0.140. The molecule has 0 N–H and O–H groups in total. The minimum atomic E-state index is -0.289. The van der Waals surface area contributed by atoms with Gasteiger partial charge >= 0.3 is 5.97 Å². The number of methoxy groups -OCH3 is 2. The van der Waals surface area contributed by atoms with Crippen LogP contribution < -0.4 is 4.74 Å². The molecule has 0 unspecified atom stereocenters. The highest BCUT2D eigenvalue weighted by Gasteiger charge is 2.23. The number of para-hydroxylation sites is 2. The van der Waals surface area contributed by atoms with Gasteiger partial charge < -0.3 is 14.4 Å². The van der Waals surface area contributed by atoms with Gasteiger partial charge in [0.1, 0.15) is 11.4 Å². The molecule has 0 atom stereocenters. The highest BCUT2D eigenvalue weighted by molar-refractivity contribution is 6.00.